The van der Waals surface area contributed by atoms with Crippen LogP contribution in [0.2, 0.25) is 0 Å². The zero-order chi connectivity index (χ0) is 11.7. The normalized spacial score (nSPS) is 38.7. The van der Waals surface area contributed by atoms with Crippen molar-refractivity contribution in [1.29, 1.82) is 0 Å². The molecule has 0 aromatic rings. The highest BCUT2D eigenvalue weighted by molar-refractivity contribution is 5.77. The fraction of sp³-hybridized carbons (Fsp3) is 0.833. The summed E-state index contributed by atoms with van der Waals surface area (Å²) in [5, 5.41) is 11.8. The average Bonchev–Trinajstić information content (AvgIpc) is 2.18. The van der Waals surface area contributed by atoms with E-state index in [1.807, 2.05) is 0 Å². The minimum absolute atomic E-state index is 0.158. The summed E-state index contributed by atoms with van der Waals surface area (Å²) in [7, 11) is 0. The lowest BCUT2D eigenvalue weighted by Gasteiger charge is -2.42. The van der Waals surface area contributed by atoms with Crippen LogP contribution in [-0.4, -0.2) is 23.0 Å². The number of nitrogens with one attached hydrogen (secondary N) is 1. The van der Waals surface area contributed by atoms with Gasteiger partial charge in [0.25, 0.3) is 0 Å². The van der Waals surface area contributed by atoms with Crippen molar-refractivity contribution in [2.75, 3.05) is 0 Å². The lowest BCUT2D eigenvalue weighted by atomic mass is 9.69. The van der Waals surface area contributed by atoms with Crippen LogP contribution in [-0.2, 0) is 9.59 Å². The van der Waals surface area contributed by atoms with Crippen molar-refractivity contribution in [3.8, 4) is 0 Å². The third-order valence-electron chi connectivity index (χ3n) is 4.06. The standard InChI is InChI=1S/C12H19NO3/c1-7-4-11(14)13-10-3-2-8(5-9(7)10)6-12(15)16/h7-10H,2-6H2,1H3,(H,13,14)(H,15,16). The van der Waals surface area contributed by atoms with Gasteiger partial charge in [-0.05, 0) is 37.0 Å². The molecule has 2 fully saturated rings. The van der Waals surface area contributed by atoms with Crippen molar-refractivity contribution < 1.29 is 14.7 Å². The number of amides is 1. The molecule has 2 N–H and O–H groups in total. The molecule has 4 heteroatoms. The van der Waals surface area contributed by atoms with Gasteiger partial charge in [-0.15, -0.1) is 0 Å². The molecule has 4 nitrogen and oxygen atoms in total. The molecule has 2 aliphatic rings. The molecule has 4 atom stereocenters. The molecule has 0 bridgehead atoms. The number of carbonyl (C=O) groups is 2. The van der Waals surface area contributed by atoms with Gasteiger partial charge in [0.05, 0.1) is 0 Å². The van der Waals surface area contributed by atoms with Gasteiger partial charge in [0, 0.05) is 18.9 Å². The molecule has 4 unspecified atom stereocenters. The Bertz CT molecular complexity index is 303. The number of fused-ring (bicyclic) bond motifs is 1. The van der Waals surface area contributed by atoms with Gasteiger partial charge in [-0.2, -0.15) is 0 Å². The number of hydrogen-bond donors (Lipinski definition) is 2. The van der Waals surface area contributed by atoms with E-state index in [-0.39, 0.29) is 12.3 Å². The van der Waals surface area contributed by atoms with Crippen LogP contribution in [0.15, 0.2) is 0 Å². The van der Waals surface area contributed by atoms with E-state index in [2.05, 4.69) is 12.2 Å². The summed E-state index contributed by atoms with van der Waals surface area (Å²) in [6, 6.07) is 0.293. The Morgan fingerprint density at radius 3 is 2.94 bits per heavy atom. The molecule has 1 aliphatic heterocycles. The van der Waals surface area contributed by atoms with E-state index in [0.29, 0.717) is 30.2 Å². The Morgan fingerprint density at radius 2 is 2.25 bits per heavy atom. The van der Waals surface area contributed by atoms with Crippen molar-refractivity contribution in [1.82, 2.24) is 5.32 Å². The van der Waals surface area contributed by atoms with E-state index in [1.165, 1.54) is 0 Å². The first kappa shape index (κ1) is 11.4. The molecule has 1 amide bonds. The zero-order valence-electron chi connectivity index (χ0n) is 9.61. The van der Waals surface area contributed by atoms with Gasteiger partial charge in [0.15, 0.2) is 0 Å². The number of carboxylic acid groups (broad SMARTS) is 1. The monoisotopic (exact) mass is 225 g/mol. The van der Waals surface area contributed by atoms with Crippen LogP contribution in [0.3, 0.4) is 0 Å². The summed E-state index contributed by atoms with van der Waals surface area (Å²) in [6.45, 7) is 2.11. The Kier molecular flexibility index (Phi) is 3.17. The van der Waals surface area contributed by atoms with Gasteiger partial charge in [0.1, 0.15) is 0 Å². The van der Waals surface area contributed by atoms with Gasteiger partial charge in [-0.3, -0.25) is 9.59 Å². The minimum Gasteiger partial charge on any atom is -0.481 e. The molecular formula is C12H19NO3. The molecule has 1 aliphatic carbocycles. The smallest absolute Gasteiger partial charge is 0.303 e. The first-order chi connectivity index (χ1) is 7.56. The van der Waals surface area contributed by atoms with E-state index in [9.17, 15) is 9.59 Å². The Labute approximate surface area is 95.4 Å². The Morgan fingerprint density at radius 1 is 1.50 bits per heavy atom. The predicted octanol–water partition coefficient (Wildman–Crippen LogP) is 1.40. The van der Waals surface area contributed by atoms with Crippen molar-refractivity contribution in [3.63, 3.8) is 0 Å². The molecule has 0 aromatic heterocycles. The lowest BCUT2D eigenvalue weighted by Crippen LogP contribution is -2.51. The van der Waals surface area contributed by atoms with Crippen LogP contribution >= 0.6 is 0 Å². The van der Waals surface area contributed by atoms with Crippen LogP contribution in [0.1, 0.15) is 39.0 Å². The SMILES string of the molecule is CC1CC(=O)NC2CCC(CC(=O)O)CC12. The second kappa shape index (κ2) is 4.44. The summed E-state index contributed by atoms with van der Waals surface area (Å²) in [6.07, 6.45) is 3.71. The largest absolute Gasteiger partial charge is 0.481 e. The maximum absolute atomic E-state index is 11.4. The molecule has 1 heterocycles. The van der Waals surface area contributed by atoms with E-state index in [1.54, 1.807) is 0 Å². The number of aliphatic carboxylic acids is 1. The number of piperidine rings is 1. The van der Waals surface area contributed by atoms with Gasteiger partial charge >= 0.3 is 5.97 Å². The number of hydrogen-bond acceptors (Lipinski definition) is 2. The topological polar surface area (TPSA) is 66.4 Å². The summed E-state index contributed by atoms with van der Waals surface area (Å²) in [5.41, 5.74) is 0. The quantitative estimate of drug-likeness (QED) is 0.746. The molecule has 1 saturated carbocycles. The number of carboxylic acids is 1. The molecular weight excluding hydrogens is 206 g/mol. The maximum atomic E-state index is 11.4. The molecule has 0 aromatic carbocycles. The van der Waals surface area contributed by atoms with Crippen LogP contribution in [0.25, 0.3) is 0 Å². The van der Waals surface area contributed by atoms with Gasteiger partial charge in [-0.25, -0.2) is 0 Å². The van der Waals surface area contributed by atoms with Crippen molar-refractivity contribution in [2.24, 2.45) is 17.8 Å². The lowest BCUT2D eigenvalue weighted by molar-refractivity contribution is -0.139. The van der Waals surface area contributed by atoms with E-state index in [0.717, 1.165) is 19.3 Å². The average molecular weight is 225 g/mol. The third kappa shape index (κ3) is 2.36. The van der Waals surface area contributed by atoms with Gasteiger partial charge < -0.3 is 10.4 Å². The highest BCUT2D eigenvalue weighted by Crippen LogP contribution is 2.38. The second-order valence-electron chi connectivity index (χ2n) is 5.30. The molecule has 0 radical (unpaired) electrons. The first-order valence-electron chi connectivity index (χ1n) is 6.07. The summed E-state index contributed by atoms with van der Waals surface area (Å²) >= 11 is 0. The van der Waals surface area contributed by atoms with Gasteiger partial charge in [0.2, 0.25) is 5.91 Å². The third-order valence-corrected chi connectivity index (χ3v) is 4.06. The predicted molar refractivity (Wildman–Crippen MR) is 58.8 cm³/mol. The highest BCUT2D eigenvalue weighted by atomic mass is 16.4. The van der Waals surface area contributed by atoms with E-state index in [4.69, 9.17) is 5.11 Å². The maximum Gasteiger partial charge on any atom is 0.303 e. The van der Waals surface area contributed by atoms with Crippen molar-refractivity contribution >= 4 is 11.9 Å². The number of carbonyl (C=O) groups excluding carboxylic acids is 1. The Hall–Kier alpha value is -1.06. The molecule has 1 saturated heterocycles. The minimum atomic E-state index is -0.698. The van der Waals surface area contributed by atoms with Crippen LogP contribution in [0, 0.1) is 17.8 Å². The zero-order valence-corrected chi connectivity index (χ0v) is 9.61. The molecule has 0 spiro atoms. The van der Waals surface area contributed by atoms with Crippen LogP contribution in [0.5, 0.6) is 0 Å². The summed E-state index contributed by atoms with van der Waals surface area (Å²) in [5.74, 6) is 0.642. The fourth-order valence-corrected chi connectivity index (χ4v) is 3.25. The molecule has 2 rings (SSSR count). The van der Waals surface area contributed by atoms with Crippen LogP contribution in [0.4, 0.5) is 0 Å². The Balaban J connectivity index is 1.97. The summed E-state index contributed by atoms with van der Waals surface area (Å²) in [4.78, 5) is 22.1. The van der Waals surface area contributed by atoms with E-state index < -0.39 is 5.97 Å². The van der Waals surface area contributed by atoms with Crippen molar-refractivity contribution in [2.45, 2.75) is 45.1 Å². The first-order valence-corrected chi connectivity index (χ1v) is 6.07. The number of rotatable bonds is 2. The second-order valence-corrected chi connectivity index (χ2v) is 5.30. The summed E-state index contributed by atoms with van der Waals surface area (Å²) < 4.78 is 0. The van der Waals surface area contributed by atoms with Gasteiger partial charge in [-0.1, -0.05) is 6.92 Å². The molecule has 90 valence electrons. The molecule has 16 heavy (non-hydrogen) atoms. The van der Waals surface area contributed by atoms with Crippen LogP contribution < -0.4 is 5.32 Å². The van der Waals surface area contributed by atoms with Crippen molar-refractivity contribution in [3.05, 3.63) is 0 Å². The highest BCUT2D eigenvalue weighted by Gasteiger charge is 2.39. The fourth-order valence-electron chi connectivity index (χ4n) is 3.25. The van der Waals surface area contributed by atoms with E-state index >= 15 is 0 Å².